The van der Waals surface area contributed by atoms with E-state index in [4.69, 9.17) is 11.2 Å². The summed E-state index contributed by atoms with van der Waals surface area (Å²) in [6, 6.07) is 7.81. The molecule has 0 aliphatic rings. The zero-order chi connectivity index (χ0) is 16.6. The Morgan fingerprint density at radius 1 is 1.36 bits per heavy atom. The molecule has 0 heterocycles. The smallest absolute Gasteiger partial charge is 0.222 e. The average molecular weight is 303 g/mol. The second-order valence-electron chi connectivity index (χ2n) is 6.20. The van der Waals surface area contributed by atoms with Crippen LogP contribution in [-0.4, -0.2) is 30.8 Å². The summed E-state index contributed by atoms with van der Waals surface area (Å²) < 4.78 is 5.03. The van der Waals surface area contributed by atoms with Gasteiger partial charge in [0.15, 0.2) is 0 Å². The summed E-state index contributed by atoms with van der Waals surface area (Å²) in [5, 5.41) is 12.8. The first kappa shape index (κ1) is 18.2. The molecule has 0 aromatic heterocycles. The number of carbonyl (C=O) groups excluding carboxylic acids is 1. The lowest BCUT2D eigenvalue weighted by Gasteiger charge is -2.20. The molecule has 1 aromatic rings. The quantitative estimate of drug-likeness (QED) is 0.599. The highest BCUT2D eigenvalue weighted by molar-refractivity contribution is 5.76. The van der Waals surface area contributed by atoms with Crippen LogP contribution >= 0.6 is 0 Å². The first-order valence-corrected chi connectivity index (χ1v) is 7.41. The molecule has 1 rings (SSSR count). The molecule has 0 saturated heterocycles. The molecule has 4 nitrogen and oxygen atoms in total. The van der Waals surface area contributed by atoms with Crippen molar-refractivity contribution in [3.05, 3.63) is 35.4 Å². The highest BCUT2D eigenvalue weighted by Crippen LogP contribution is 2.23. The fourth-order valence-electron chi connectivity index (χ4n) is 1.92. The lowest BCUT2D eigenvalue weighted by atomic mass is 9.86. The third-order valence-electron chi connectivity index (χ3n) is 3.31. The summed E-state index contributed by atoms with van der Waals surface area (Å²) in [5.41, 5.74) is 2.07. The lowest BCUT2D eigenvalue weighted by Crippen LogP contribution is -2.29. The first-order chi connectivity index (χ1) is 10.3. The molecular weight excluding hydrogens is 278 g/mol. The normalized spacial score (nSPS) is 12.5. The van der Waals surface area contributed by atoms with E-state index in [1.54, 1.807) is 0 Å². The van der Waals surface area contributed by atoms with E-state index in [0.717, 1.165) is 5.56 Å². The van der Waals surface area contributed by atoms with Crippen LogP contribution in [0.25, 0.3) is 0 Å². The number of aliphatic hydroxyl groups is 1. The van der Waals surface area contributed by atoms with E-state index in [1.807, 2.05) is 24.3 Å². The minimum absolute atomic E-state index is 0.0794. The zero-order valence-electron chi connectivity index (χ0n) is 13.6. The number of carbonyl (C=O) groups is 1. The fourth-order valence-corrected chi connectivity index (χ4v) is 1.92. The van der Waals surface area contributed by atoms with E-state index < -0.39 is 6.10 Å². The Labute approximate surface area is 132 Å². The first-order valence-electron chi connectivity index (χ1n) is 7.41. The van der Waals surface area contributed by atoms with Crippen LogP contribution in [-0.2, 0) is 14.9 Å². The van der Waals surface area contributed by atoms with Crippen LogP contribution in [0.1, 0.15) is 44.4 Å². The molecule has 0 aliphatic carbocycles. The number of aliphatic hydroxyl groups excluding tert-OH is 1. The van der Waals surface area contributed by atoms with Crippen LogP contribution < -0.4 is 5.32 Å². The van der Waals surface area contributed by atoms with Crippen molar-refractivity contribution in [1.29, 1.82) is 0 Å². The molecule has 0 radical (unpaired) electrons. The number of hydrogen-bond acceptors (Lipinski definition) is 3. The average Bonchev–Trinajstić information content (AvgIpc) is 2.48. The predicted octanol–water partition coefficient (Wildman–Crippen LogP) is 2.17. The largest absolute Gasteiger partial charge is 0.387 e. The number of nitrogens with one attached hydrogen (secondary N) is 1. The molecule has 4 heteroatoms. The Morgan fingerprint density at radius 3 is 2.55 bits per heavy atom. The highest BCUT2D eigenvalue weighted by Gasteiger charge is 2.15. The van der Waals surface area contributed by atoms with Crippen LogP contribution in [0.3, 0.4) is 0 Å². The molecule has 1 aromatic carbocycles. The molecule has 1 atom stereocenters. The van der Waals surface area contributed by atoms with Gasteiger partial charge in [0.05, 0.1) is 19.1 Å². The van der Waals surface area contributed by atoms with Crippen molar-refractivity contribution < 1.29 is 14.6 Å². The summed E-state index contributed by atoms with van der Waals surface area (Å²) in [6.45, 7) is 7.09. The van der Waals surface area contributed by atoms with Gasteiger partial charge in [-0.25, -0.2) is 0 Å². The Hall–Kier alpha value is -1.83. The Bertz CT molecular complexity index is 509. The van der Waals surface area contributed by atoms with Crippen molar-refractivity contribution in [1.82, 2.24) is 5.32 Å². The molecule has 0 bridgehead atoms. The van der Waals surface area contributed by atoms with Crippen LogP contribution in [0.15, 0.2) is 24.3 Å². The van der Waals surface area contributed by atoms with Crippen molar-refractivity contribution in [2.45, 2.75) is 38.7 Å². The van der Waals surface area contributed by atoms with Gasteiger partial charge in [-0.2, -0.15) is 0 Å². The van der Waals surface area contributed by atoms with E-state index in [2.05, 4.69) is 32.0 Å². The third kappa shape index (κ3) is 6.30. The van der Waals surface area contributed by atoms with Gasteiger partial charge in [0.2, 0.25) is 5.91 Å². The zero-order valence-corrected chi connectivity index (χ0v) is 13.6. The monoisotopic (exact) mass is 303 g/mol. The second kappa shape index (κ2) is 8.57. The van der Waals surface area contributed by atoms with Crippen molar-refractivity contribution in [2.24, 2.45) is 0 Å². The van der Waals surface area contributed by atoms with Gasteiger partial charge in [0.25, 0.3) is 0 Å². The number of benzene rings is 1. The maximum atomic E-state index is 11.6. The predicted molar refractivity (Wildman–Crippen MR) is 87.4 cm³/mol. The van der Waals surface area contributed by atoms with Gasteiger partial charge < -0.3 is 15.2 Å². The number of rotatable bonds is 7. The summed E-state index contributed by atoms with van der Waals surface area (Å²) in [7, 11) is 0. The Morgan fingerprint density at radius 2 is 2.00 bits per heavy atom. The molecule has 0 fully saturated rings. The van der Waals surface area contributed by atoms with Crippen molar-refractivity contribution in [3.63, 3.8) is 0 Å². The fraction of sp³-hybridized carbons (Fsp3) is 0.500. The molecule has 22 heavy (non-hydrogen) atoms. The van der Waals surface area contributed by atoms with Gasteiger partial charge in [0, 0.05) is 6.54 Å². The number of amides is 1. The lowest BCUT2D eigenvalue weighted by molar-refractivity contribution is -0.122. The van der Waals surface area contributed by atoms with Crippen LogP contribution in [0.4, 0.5) is 0 Å². The second-order valence-corrected chi connectivity index (χ2v) is 6.20. The van der Waals surface area contributed by atoms with Gasteiger partial charge in [-0.05, 0) is 16.5 Å². The topological polar surface area (TPSA) is 58.6 Å². The van der Waals surface area contributed by atoms with Crippen molar-refractivity contribution >= 4 is 5.91 Å². The summed E-state index contributed by atoms with van der Waals surface area (Å²) >= 11 is 0. The number of terminal acetylenes is 1. The number of ether oxygens (including phenoxy) is 1. The molecule has 0 spiro atoms. The number of hydrogen-bond donors (Lipinski definition) is 2. The molecule has 0 saturated carbocycles. The molecule has 2 N–H and O–H groups in total. The van der Waals surface area contributed by atoms with Gasteiger partial charge in [-0.15, -0.1) is 6.42 Å². The molecule has 1 unspecified atom stereocenters. The van der Waals surface area contributed by atoms with Crippen molar-refractivity contribution in [2.75, 3.05) is 19.8 Å². The minimum Gasteiger partial charge on any atom is -0.387 e. The molecular formula is C18H25NO3. The van der Waals surface area contributed by atoms with E-state index in [-0.39, 0.29) is 37.5 Å². The summed E-state index contributed by atoms with van der Waals surface area (Å²) in [4.78, 5) is 11.6. The standard InChI is InChI=1S/C18H25NO3/c1-5-11-22-12-10-17(21)19-13-16(20)14-6-8-15(9-7-14)18(2,3)4/h1,6-9,16,20H,10-13H2,2-4H3,(H,19,21). The SMILES string of the molecule is C#CCOCCC(=O)NCC(O)c1ccc(C(C)(C)C)cc1. The van der Waals surface area contributed by atoms with Gasteiger partial charge in [0.1, 0.15) is 6.61 Å². The summed E-state index contributed by atoms with van der Waals surface area (Å²) in [6.07, 6.45) is 4.55. The van der Waals surface area contributed by atoms with Crippen LogP contribution in [0.5, 0.6) is 0 Å². The van der Waals surface area contributed by atoms with E-state index in [9.17, 15) is 9.90 Å². The molecule has 1 amide bonds. The van der Waals surface area contributed by atoms with Crippen LogP contribution in [0, 0.1) is 12.3 Å². The summed E-state index contributed by atoms with van der Waals surface area (Å²) in [5.74, 6) is 2.17. The van der Waals surface area contributed by atoms with Gasteiger partial charge in [-0.1, -0.05) is 51.0 Å². The Balaban J connectivity index is 2.40. The highest BCUT2D eigenvalue weighted by atomic mass is 16.5. The van der Waals surface area contributed by atoms with Gasteiger partial charge in [-0.3, -0.25) is 4.79 Å². The van der Waals surface area contributed by atoms with Crippen LogP contribution in [0.2, 0.25) is 0 Å². The maximum absolute atomic E-state index is 11.6. The van der Waals surface area contributed by atoms with E-state index in [1.165, 1.54) is 5.56 Å². The Kier molecular flexibility index (Phi) is 7.10. The minimum atomic E-state index is -0.718. The maximum Gasteiger partial charge on any atom is 0.222 e. The van der Waals surface area contributed by atoms with Crippen molar-refractivity contribution in [3.8, 4) is 12.3 Å². The van der Waals surface area contributed by atoms with E-state index >= 15 is 0 Å². The van der Waals surface area contributed by atoms with E-state index in [0.29, 0.717) is 0 Å². The third-order valence-corrected chi connectivity index (χ3v) is 3.31. The van der Waals surface area contributed by atoms with Gasteiger partial charge >= 0.3 is 0 Å². The molecule has 120 valence electrons. The molecule has 0 aliphatic heterocycles.